The minimum atomic E-state index is -4.22. The van der Waals surface area contributed by atoms with Gasteiger partial charge >= 0.3 is 6.18 Å². The van der Waals surface area contributed by atoms with Gasteiger partial charge in [-0.2, -0.15) is 13.2 Å². The van der Waals surface area contributed by atoms with Crippen molar-refractivity contribution in [3.8, 4) is 0 Å². The monoisotopic (exact) mass is 196 g/mol. The molecule has 0 saturated carbocycles. The highest BCUT2D eigenvalue weighted by Crippen LogP contribution is 2.26. The van der Waals surface area contributed by atoms with Crippen molar-refractivity contribution in [1.82, 2.24) is 4.90 Å². The minimum absolute atomic E-state index is 0.232. The first-order valence-electron chi connectivity index (χ1n) is 3.94. The maximum Gasteiger partial charge on any atom is 0.391 e. The number of nitrogens with two attached hydrogens (primary N) is 1. The van der Waals surface area contributed by atoms with Gasteiger partial charge in [0.05, 0.1) is 6.42 Å². The van der Waals surface area contributed by atoms with Gasteiger partial charge in [-0.3, -0.25) is 4.79 Å². The van der Waals surface area contributed by atoms with E-state index in [1.807, 2.05) is 0 Å². The van der Waals surface area contributed by atoms with Gasteiger partial charge in [0.25, 0.3) is 0 Å². The minimum Gasteiger partial charge on any atom is -0.336 e. The third-order valence-corrected chi connectivity index (χ3v) is 2.05. The van der Waals surface area contributed by atoms with Gasteiger partial charge in [0.15, 0.2) is 0 Å². The molecule has 1 rings (SSSR count). The van der Waals surface area contributed by atoms with E-state index >= 15 is 0 Å². The van der Waals surface area contributed by atoms with Crippen LogP contribution in [0.5, 0.6) is 0 Å². The summed E-state index contributed by atoms with van der Waals surface area (Å²) in [5, 5.41) is 0. The van der Waals surface area contributed by atoms with E-state index in [-0.39, 0.29) is 6.54 Å². The number of carbonyl (C=O) groups is 1. The molecule has 76 valence electrons. The lowest BCUT2D eigenvalue weighted by atomic mass is 10.0. The lowest BCUT2D eigenvalue weighted by molar-refractivity contribution is -0.162. The van der Waals surface area contributed by atoms with E-state index < -0.39 is 30.6 Å². The lowest BCUT2D eigenvalue weighted by Crippen LogP contribution is -2.64. The van der Waals surface area contributed by atoms with Gasteiger partial charge in [-0.25, -0.2) is 0 Å². The summed E-state index contributed by atoms with van der Waals surface area (Å²) in [4.78, 5) is 12.1. The number of rotatable bonds is 2. The summed E-state index contributed by atoms with van der Waals surface area (Å²) in [6, 6.07) is -1.40. The molecular formula is C7H11F3N2O. The number of β-lactam (4-membered cyclic amide) rings is 1. The third kappa shape index (κ3) is 2.33. The first kappa shape index (κ1) is 10.3. The number of nitrogens with zero attached hydrogens (tertiary/aromatic N) is 1. The summed E-state index contributed by atoms with van der Waals surface area (Å²) in [5.74, 6) is -0.392. The van der Waals surface area contributed by atoms with Crippen molar-refractivity contribution in [3.05, 3.63) is 0 Å². The molecule has 2 atom stereocenters. The molecule has 2 unspecified atom stereocenters. The summed E-state index contributed by atoms with van der Waals surface area (Å²) in [6.07, 6.45) is -5.19. The van der Waals surface area contributed by atoms with E-state index in [4.69, 9.17) is 5.73 Å². The van der Waals surface area contributed by atoms with Gasteiger partial charge in [-0.15, -0.1) is 0 Å². The van der Waals surface area contributed by atoms with Crippen LogP contribution in [0, 0.1) is 0 Å². The molecule has 0 spiro atoms. The summed E-state index contributed by atoms with van der Waals surface area (Å²) < 4.78 is 35.6. The van der Waals surface area contributed by atoms with Crippen LogP contribution in [-0.4, -0.2) is 35.6 Å². The van der Waals surface area contributed by atoms with E-state index in [0.29, 0.717) is 0 Å². The Morgan fingerprint density at radius 2 is 2.23 bits per heavy atom. The maximum absolute atomic E-state index is 11.9. The molecule has 0 aromatic heterocycles. The van der Waals surface area contributed by atoms with Gasteiger partial charge in [0, 0.05) is 12.6 Å². The molecule has 0 aromatic rings. The zero-order valence-corrected chi connectivity index (χ0v) is 7.14. The van der Waals surface area contributed by atoms with E-state index in [0.717, 1.165) is 4.90 Å². The number of amides is 1. The molecule has 2 N–H and O–H groups in total. The van der Waals surface area contributed by atoms with Crippen molar-refractivity contribution in [2.45, 2.75) is 31.6 Å². The van der Waals surface area contributed by atoms with Crippen LogP contribution in [0.3, 0.4) is 0 Å². The van der Waals surface area contributed by atoms with Crippen LogP contribution in [0.1, 0.15) is 13.3 Å². The SMILES string of the molecule is CC(CC(F)(F)F)N1CC(N)C1=O. The number of likely N-dealkylation sites (tertiary alicyclic amines) is 1. The quantitative estimate of drug-likeness (QED) is 0.653. The highest BCUT2D eigenvalue weighted by atomic mass is 19.4. The molecule has 0 aromatic carbocycles. The van der Waals surface area contributed by atoms with Gasteiger partial charge in [0.1, 0.15) is 6.04 Å². The second-order valence-electron chi connectivity index (χ2n) is 3.27. The van der Waals surface area contributed by atoms with Crippen LogP contribution in [0.2, 0.25) is 0 Å². The van der Waals surface area contributed by atoms with Crippen LogP contribution in [-0.2, 0) is 4.79 Å². The summed E-state index contributed by atoms with van der Waals surface area (Å²) in [5.41, 5.74) is 5.24. The number of alkyl halides is 3. The van der Waals surface area contributed by atoms with Crippen LogP contribution in [0.25, 0.3) is 0 Å². The standard InChI is InChI=1S/C7H11F3N2O/c1-4(2-7(8,9)10)12-3-5(11)6(12)13/h4-5H,2-3,11H2,1H3. The fourth-order valence-electron chi connectivity index (χ4n) is 1.32. The van der Waals surface area contributed by atoms with Gasteiger partial charge in [0.2, 0.25) is 5.91 Å². The zero-order valence-electron chi connectivity index (χ0n) is 7.14. The van der Waals surface area contributed by atoms with Crippen molar-refractivity contribution in [1.29, 1.82) is 0 Å². The Hall–Kier alpha value is -0.780. The van der Waals surface area contributed by atoms with Crippen LogP contribution in [0.15, 0.2) is 0 Å². The predicted octanol–water partition coefficient (Wildman–Crippen LogP) is 0.497. The van der Waals surface area contributed by atoms with Gasteiger partial charge in [-0.05, 0) is 6.92 Å². The predicted molar refractivity (Wildman–Crippen MR) is 39.8 cm³/mol. The molecule has 6 heteroatoms. The molecule has 3 nitrogen and oxygen atoms in total. The van der Waals surface area contributed by atoms with Crippen molar-refractivity contribution in [2.75, 3.05) is 6.54 Å². The summed E-state index contributed by atoms with van der Waals surface area (Å²) in [7, 11) is 0. The number of hydrogen-bond donors (Lipinski definition) is 1. The van der Waals surface area contributed by atoms with Crippen LogP contribution >= 0.6 is 0 Å². The molecule has 1 aliphatic rings. The van der Waals surface area contributed by atoms with E-state index in [1.54, 1.807) is 0 Å². The first-order chi connectivity index (χ1) is 5.81. The Balaban J connectivity index is 2.42. The molecule has 0 bridgehead atoms. The fraction of sp³-hybridized carbons (Fsp3) is 0.857. The second-order valence-corrected chi connectivity index (χ2v) is 3.27. The molecule has 1 fully saturated rings. The Kier molecular flexibility index (Phi) is 2.51. The summed E-state index contributed by atoms with van der Waals surface area (Å²) >= 11 is 0. The average Bonchev–Trinajstić information content (AvgIpc) is 1.95. The Morgan fingerprint density at radius 3 is 2.54 bits per heavy atom. The zero-order chi connectivity index (χ0) is 10.2. The number of carbonyl (C=O) groups excluding carboxylic acids is 1. The highest BCUT2D eigenvalue weighted by Gasteiger charge is 2.41. The molecular weight excluding hydrogens is 185 g/mol. The largest absolute Gasteiger partial charge is 0.391 e. The lowest BCUT2D eigenvalue weighted by Gasteiger charge is -2.40. The van der Waals surface area contributed by atoms with E-state index in [9.17, 15) is 18.0 Å². The van der Waals surface area contributed by atoms with E-state index in [2.05, 4.69) is 0 Å². The van der Waals surface area contributed by atoms with Crippen molar-refractivity contribution < 1.29 is 18.0 Å². The topological polar surface area (TPSA) is 46.3 Å². The highest BCUT2D eigenvalue weighted by molar-refractivity contribution is 5.87. The molecule has 1 heterocycles. The smallest absolute Gasteiger partial charge is 0.336 e. The Morgan fingerprint density at radius 1 is 1.69 bits per heavy atom. The van der Waals surface area contributed by atoms with Gasteiger partial charge < -0.3 is 10.6 Å². The van der Waals surface area contributed by atoms with Crippen molar-refractivity contribution in [3.63, 3.8) is 0 Å². The summed E-state index contributed by atoms with van der Waals surface area (Å²) in [6.45, 7) is 1.60. The molecule has 13 heavy (non-hydrogen) atoms. The third-order valence-electron chi connectivity index (χ3n) is 2.05. The van der Waals surface area contributed by atoms with Crippen LogP contribution < -0.4 is 5.73 Å². The first-order valence-corrected chi connectivity index (χ1v) is 3.94. The molecule has 1 amide bonds. The van der Waals surface area contributed by atoms with Crippen molar-refractivity contribution >= 4 is 5.91 Å². The maximum atomic E-state index is 11.9. The number of halogens is 3. The molecule has 0 aliphatic carbocycles. The second kappa shape index (κ2) is 3.17. The normalized spacial score (nSPS) is 25.8. The molecule has 0 radical (unpaired) electrons. The average molecular weight is 196 g/mol. The van der Waals surface area contributed by atoms with Gasteiger partial charge in [-0.1, -0.05) is 0 Å². The Bertz CT molecular complexity index is 216. The van der Waals surface area contributed by atoms with E-state index in [1.165, 1.54) is 6.92 Å². The van der Waals surface area contributed by atoms with Crippen molar-refractivity contribution in [2.24, 2.45) is 5.73 Å². The molecule has 1 saturated heterocycles. The Labute approximate surface area is 73.7 Å². The van der Waals surface area contributed by atoms with Crippen LogP contribution in [0.4, 0.5) is 13.2 Å². The number of hydrogen-bond acceptors (Lipinski definition) is 2. The molecule has 1 aliphatic heterocycles. The fourth-order valence-corrected chi connectivity index (χ4v) is 1.32.